The second kappa shape index (κ2) is 9.17. The van der Waals surface area contributed by atoms with E-state index in [1.165, 1.54) is 4.31 Å². The second-order valence-electron chi connectivity index (χ2n) is 6.71. The predicted octanol–water partition coefficient (Wildman–Crippen LogP) is 2.96. The molecule has 1 aliphatic heterocycles. The first-order valence-electron chi connectivity index (χ1n) is 9.25. The van der Waals surface area contributed by atoms with Gasteiger partial charge in [0.05, 0.1) is 11.3 Å². The van der Waals surface area contributed by atoms with Crippen LogP contribution < -0.4 is 5.32 Å². The molecule has 0 saturated carbocycles. The van der Waals surface area contributed by atoms with Crippen molar-refractivity contribution in [3.05, 3.63) is 58.6 Å². The standard InChI is InChI=1S/C20H24BrN3O3S/c1-2-23-11-13-24(14-12-23)28(26,27)19-9-7-18(8-10-19)22-20(25)15-16-3-5-17(21)6-4-16/h3-10H,2,11-15H2,1H3,(H,22,25). The SMILES string of the molecule is CCN1CCN(S(=O)(=O)c2ccc(NC(=O)Cc3ccc(Br)cc3)cc2)CC1. The molecule has 0 aliphatic carbocycles. The van der Waals surface area contributed by atoms with Gasteiger partial charge in [-0.1, -0.05) is 35.0 Å². The molecule has 0 radical (unpaired) electrons. The molecule has 3 rings (SSSR count). The maximum Gasteiger partial charge on any atom is 0.243 e. The lowest BCUT2D eigenvalue weighted by Crippen LogP contribution is -2.48. The van der Waals surface area contributed by atoms with E-state index in [0.29, 0.717) is 18.8 Å². The lowest BCUT2D eigenvalue weighted by atomic mass is 10.1. The van der Waals surface area contributed by atoms with Gasteiger partial charge in [0, 0.05) is 36.3 Å². The van der Waals surface area contributed by atoms with Crippen molar-refractivity contribution in [1.29, 1.82) is 0 Å². The Hall–Kier alpha value is -1.74. The Morgan fingerprint density at radius 1 is 1.00 bits per heavy atom. The number of hydrogen-bond donors (Lipinski definition) is 1. The predicted molar refractivity (Wildman–Crippen MR) is 114 cm³/mol. The number of amides is 1. The van der Waals surface area contributed by atoms with Gasteiger partial charge >= 0.3 is 0 Å². The smallest absolute Gasteiger partial charge is 0.243 e. The third kappa shape index (κ3) is 5.20. The number of sulfonamides is 1. The zero-order valence-electron chi connectivity index (χ0n) is 15.8. The van der Waals surface area contributed by atoms with Gasteiger partial charge in [0.2, 0.25) is 15.9 Å². The number of halogens is 1. The highest BCUT2D eigenvalue weighted by Crippen LogP contribution is 2.20. The fourth-order valence-electron chi connectivity index (χ4n) is 3.14. The van der Waals surface area contributed by atoms with Crippen LogP contribution in [0.4, 0.5) is 5.69 Å². The van der Waals surface area contributed by atoms with E-state index in [4.69, 9.17) is 0 Å². The molecular formula is C20H24BrN3O3S. The normalized spacial score (nSPS) is 16.1. The van der Waals surface area contributed by atoms with Gasteiger partial charge in [0.1, 0.15) is 0 Å². The summed E-state index contributed by atoms with van der Waals surface area (Å²) in [4.78, 5) is 14.7. The van der Waals surface area contributed by atoms with Crippen molar-refractivity contribution in [2.45, 2.75) is 18.2 Å². The number of benzene rings is 2. The molecule has 1 heterocycles. The molecule has 150 valence electrons. The molecule has 0 aromatic heterocycles. The topological polar surface area (TPSA) is 69.7 Å². The number of hydrogen-bond acceptors (Lipinski definition) is 4. The number of likely N-dealkylation sites (N-methyl/N-ethyl adjacent to an activating group) is 1. The number of carbonyl (C=O) groups is 1. The zero-order valence-corrected chi connectivity index (χ0v) is 18.2. The van der Waals surface area contributed by atoms with Crippen molar-refractivity contribution in [1.82, 2.24) is 9.21 Å². The average molecular weight is 466 g/mol. The maximum atomic E-state index is 12.8. The van der Waals surface area contributed by atoms with Crippen LogP contribution in [0.15, 0.2) is 57.9 Å². The first-order chi connectivity index (χ1) is 13.4. The van der Waals surface area contributed by atoms with Gasteiger partial charge in [-0.25, -0.2) is 8.42 Å². The summed E-state index contributed by atoms with van der Waals surface area (Å²) < 4.78 is 28.1. The van der Waals surface area contributed by atoms with Gasteiger partial charge in [-0.05, 0) is 48.5 Å². The molecule has 0 atom stereocenters. The summed E-state index contributed by atoms with van der Waals surface area (Å²) in [5.41, 5.74) is 1.49. The van der Waals surface area contributed by atoms with E-state index in [1.54, 1.807) is 24.3 Å². The highest BCUT2D eigenvalue weighted by molar-refractivity contribution is 9.10. The summed E-state index contributed by atoms with van der Waals surface area (Å²) in [6.07, 6.45) is 0.259. The third-order valence-corrected chi connectivity index (χ3v) is 7.27. The van der Waals surface area contributed by atoms with E-state index in [-0.39, 0.29) is 17.2 Å². The molecule has 6 nitrogen and oxygen atoms in total. The van der Waals surface area contributed by atoms with Gasteiger partial charge in [-0.3, -0.25) is 4.79 Å². The molecule has 0 bridgehead atoms. The second-order valence-corrected chi connectivity index (χ2v) is 9.57. The van der Waals surface area contributed by atoms with Crippen molar-refractivity contribution >= 4 is 37.5 Å². The molecule has 0 spiro atoms. The van der Waals surface area contributed by atoms with Crippen molar-refractivity contribution in [2.24, 2.45) is 0 Å². The molecule has 28 heavy (non-hydrogen) atoms. The summed E-state index contributed by atoms with van der Waals surface area (Å²) in [6, 6.07) is 13.9. The highest BCUT2D eigenvalue weighted by atomic mass is 79.9. The quantitative estimate of drug-likeness (QED) is 0.711. The van der Waals surface area contributed by atoms with E-state index in [0.717, 1.165) is 29.7 Å². The van der Waals surface area contributed by atoms with Gasteiger partial charge in [0.15, 0.2) is 0 Å². The Morgan fingerprint density at radius 2 is 1.61 bits per heavy atom. The minimum atomic E-state index is -3.50. The van der Waals surface area contributed by atoms with Crippen molar-refractivity contribution in [3.8, 4) is 0 Å². The van der Waals surface area contributed by atoms with Crippen LogP contribution in [0, 0.1) is 0 Å². The monoisotopic (exact) mass is 465 g/mol. The number of nitrogens with one attached hydrogen (secondary N) is 1. The summed E-state index contributed by atoms with van der Waals surface area (Å²) in [7, 11) is -3.50. The van der Waals surface area contributed by atoms with E-state index < -0.39 is 10.0 Å². The Bertz CT molecular complexity index is 907. The van der Waals surface area contributed by atoms with Crippen molar-refractivity contribution in [3.63, 3.8) is 0 Å². The minimum absolute atomic E-state index is 0.145. The molecule has 1 fully saturated rings. The third-order valence-electron chi connectivity index (χ3n) is 4.83. The largest absolute Gasteiger partial charge is 0.326 e. The van der Waals surface area contributed by atoms with Crippen LogP contribution >= 0.6 is 15.9 Å². The lowest BCUT2D eigenvalue weighted by molar-refractivity contribution is -0.115. The number of carbonyl (C=O) groups excluding carboxylic acids is 1. The maximum absolute atomic E-state index is 12.8. The summed E-state index contributed by atoms with van der Waals surface area (Å²) in [5, 5.41) is 2.81. The number of rotatable bonds is 6. The van der Waals surface area contributed by atoms with Crippen LogP contribution in [-0.2, 0) is 21.2 Å². The van der Waals surface area contributed by atoms with Gasteiger partial charge < -0.3 is 10.2 Å². The van der Waals surface area contributed by atoms with E-state index in [2.05, 4.69) is 33.1 Å². The fourth-order valence-corrected chi connectivity index (χ4v) is 4.82. The minimum Gasteiger partial charge on any atom is -0.326 e. The molecule has 1 saturated heterocycles. The number of nitrogens with zero attached hydrogens (tertiary/aromatic N) is 2. The van der Waals surface area contributed by atoms with E-state index in [9.17, 15) is 13.2 Å². The molecular weight excluding hydrogens is 442 g/mol. The van der Waals surface area contributed by atoms with Crippen LogP contribution in [0.5, 0.6) is 0 Å². The van der Waals surface area contributed by atoms with E-state index in [1.807, 2.05) is 24.3 Å². The van der Waals surface area contributed by atoms with Crippen LogP contribution in [0.3, 0.4) is 0 Å². The molecule has 1 N–H and O–H groups in total. The van der Waals surface area contributed by atoms with Crippen LogP contribution in [0.2, 0.25) is 0 Å². The van der Waals surface area contributed by atoms with Crippen LogP contribution in [-0.4, -0.2) is 56.3 Å². The summed E-state index contributed by atoms with van der Waals surface area (Å²) in [5.74, 6) is -0.145. The fraction of sp³-hybridized carbons (Fsp3) is 0.350. The van der Waals surface area contributed by atoms with Gasteiger partial charge in [-0.2, -0.15) is 4.31 Å². The molecule has 2 aromatic rings. The highest BCUT2D eigenvalue weighted by Gasteiger charge is 2.27. The van der Waals surface area contributed by atoms with E-state index >= 15 is 0 Å². The molecule has 8 heteroatoms. The first kappa shape index (κ1) is 21.0. The van der Waals surface area contributed by atoms with Crippen molar-refractivity contribution < 1.29 is 13.2 Å². The molecule has 1 aliphatic rings. The number of anilines is 1. The molecule has 0 unspecified atom stereocenters. The Morgan fingerprint density at radius 3 is 2.18 bits per heavy atom. The van der Waals surface area contributed by atoms with Gasteiger partial charge in [0.25, 0.3) is 0 Å². The summed E-state index contributed by atoms with van der Waals surface area (Å²) >= 11 is 3.37. The first-order valence-corrected chi connectivity index (χ1v) is 11.5. The zero-order chi connectivity index (χ0) is 20.1. The van der Waals surface area contributed by atoms with Crippen molar-refractivity contribution in [2.75, 3.05) is 38.0 Å². The number of piperazine rings is 1. The molecule has 2 aromatic carbocycles. The summed E-state index contributed by atoms with van der Waals surface area (Å²) in [6.45, 7) is 5.51. The molecule has 1 amide bonds. The average Bonchev–Trinajstić information content (AvgIpc) is 2.70. The van der Waals surface area contributed by atoms with Crippen LogP contribution in [0.25, 0.3) is 0 Å². The lowest BCUT2D eigenvalue weighted by Gasteiger charge is -2.33. The Balaban J connectivity index is 1.61. The Labute approximate surface area is 174 Å². The Kier molecular flexibility index (Phi) is 6.87. The van der Waals surface area contributed by atoms with Crippen LogP contribution in [0.1, 0.15) is 12.5 Å². The van der Waals surface area contributed by atoms with Gasteiger partial charge in [-0.15, -0.1) is 0 Å².